The minimum Gasteiger partial charge on any atom is -0.399 e. The van der Waals surface area contributed by atoms with E-state index in [1.54, 1.807) is 11.8 Å². The molecule has 1 atom stereocenters. The first kappa shape index (κ1) is 41.8. The number of hydrogen-bond donors (Lipinski definition) is 3. The first-order valence-corrected chi connectivity index (χ1v) is 23.5. The number of allylic oxidation sites excluding steroid dienone is 6. The van der Waals surface area contributed by atoms with Crippen LogP contribution in [-0.4, -0.2) is 56.6 Å². The van der Waals surface area contributed by atoms with Gasteiger partial charge in [-0.15, -0.1) is 0 Å². The Bertz CT molecular complexity index is 2260. The summed E-state index contributed by atoms with van der Waals surface area (Å²) in [7, 11) is -8.03. The van der Waals surface area contributed by atoms with Crippen molar-refractivity contribution in [3.05, 3.63) is 130 Å². The number of benzene rings is 3. The predicted molar refractivity (Wildman–Crippen MR) is 232 cm³/mol. The Morgan fingerprint density at radius 2 is 1.38 bits per heavy atom. The van der Waals surface area contributed by atoms with E-state index in [2.05, 4.69) is 110 Å². The average molecular weight is 818 g/mol. The molecule has 0 bridgehead atoms. The maximum Gasteiger partial charge on any atom is 0.264 e. The van der Waals surface area contributed by atoms with Crippen LogP contribution in [-0.2, 0) is 31.1 Å². The zero-order valence-corrected chi connectivity index (χ0v) is 35.3. The highest BCUT2D eigenvalue weighted by Gasteiger charge is 2.43. The number of nitrogens with zero attached hydrogens (tertiary/aromatic N) is 2. The third-order valence-corrected chi connectivity index (χ3v) is 14.2. The summed E-state index contributed by atoms with van der Waals surface area (Å²) in [6.45, 7) is 10.3. The molecule has 9 nitrogen and oxygen atoms in total. The number of fused-ring (bicyclic) bond motifs is 2. The summed E-state index contributed by atoms with van der Waals surface area (Å²) < 4.78 is 64.5. The Morgan fingerprint density at radius 3 is 2.04 bits per heavy atom. The monoisotopic (exact) mass is 817 g/mol. The van der Waals surface area contributed by atoms with E-state index in [0.717, 1.165) is 41.2 Å². The Morgan fingerprint density at radius 1 is 0.768 bits per heavy atom. The van der Waals surface area contributed by atoms with E-state index in [0.29, 0.717) is 44.5 Å². The molecule has 0 saturated heterocycles. The van der Waals surface area contributed by atoms with Gasteiger partial charge in [0.1, 0.15) is 0 Å². The summed E-state index contributed by atoms with van der Waals surface area (Å²) in [4.78, 5) is 7.01. The van der Waals surface area contributed by atoms with Gasteiger partial charge in [0.25, 0.3) is 20.2 Å². The van der Waals surface area contributed by atoms with Crippen LogP contribution in [0.3, 0.4) is 0 Å². The van der Waals surface area contributed by atoms with Crippen LogP contribution in [0.2, 0.25) is 0 Å². The van der Waals surface area contributed by atoms with Gasteiger partial charge in [0.15, 0.2) is 0 Å². The Labute approximate surface area is 337 Å². The quantitative estimate of drug-likeness (QED) is 0.0772. The van der Waals surface area contributed by atoms with Gasteiger partial charge in [-0.05, 0) is 110 Å². The lowest BCUT2D eigenvalue weighted by atomic mass is 9.80. The molecule has 12 heteroatoms. The second-order valence-electron chi connectivity index (χ2n) is 16.1. The third-order valence-electron chi connectivity index (χ3n) is 11.4. The molecular formula is C44H55N3O6S3. The molecule has 0 radical (unpaired) electrons. The van der Waals surface area contributed by atoms with Crippen LogP contribution in [0.1, 0.15) is 83.8 Å². The maximum absolute atomic E-state index is 11.5. The number of thioether (sulfide) groups is 1. The van der Waals surface area contributed by atoms with Gasteiger partial charge in [0.2, 0.25) is 0 Å². The molecule has 4 N–H and O–H groups in total. The summed E-state index contributed by atoms with van der Waals surface area (Å²) in [6.07, 6.45) is 14.0. The second kappa shape index (κ2) is 17.0. The topological polar surface area (TPSA) is 141 Å². The molecule has 0 fully saturated rings. The normalized spacial score (nSPS) is 20.7. The van der Waals surface area contributed by atoms with Crippen LogP contribution in [0.5, 0.6) is 0 Å². The molecule has 300 valence electrons. The molecule has 3 aliphatic rings. The number of unbranched alkanes of at least 4 members (excludes halogenated alkanes) is 2. The summed E-state index contributed by atoms with van der Waals surface area (Å²) in [5, 5.41) is 0. The van der Waals surface area contributed by atoms with Gasteiger partial charge in [0, 0.05) is 56.5 Å². The van der Waals surface area contributed by atoms with Crippen molar-refractivity contribution in [2.75, 3.05) is 40.1 Å². The minimum atomic E-state index is -4.02. The molecule has 0 saturated carbocycles. The Kier molecular flexibility index (Phi) is 12.7. The molecule has 3 aromatic carbocycles. The number of anilines is 3. The lowest BCUT2D eigenvalue weighted by Crippen LogP contribution is -2.40. The van der Waals surface area contributed by atoms with Crippen molar-refractivity contribution in [1.29, 1.82) is 0 Å². The maximum atomic E-state index is 11.5. The zero-order chi connectivity index (χ0) is 40.3. The number of nitrogen functional groups attached to an aromatic ring is 1. The largest absolute Gasteiger partial charge is 0.399 e. The molecule has 2 aliphatic heterocycles. The predicted octanol–water partition coefficient (Wildman–Crippen LogP) is 9.47. The van der Waals surface area contributed by atoms with Crippen molar-refractivity contribution in [2.45, 2.75) is 94.4 Å². The molecule has 1 unspecified atom stereocenters. The number of nitrogens with two attached hydrogens (primary N) is 1. The van der Waals surface area contributed by atoms with Gasteiger partial charge in [-0.1, -0.05) is 94.1 Å². The standard InChI is InChI=1S/C44H55N3O6S3/c1-43(2)36-16-5-7-18-38(36)46(28-9-11-30-55(48,49)50)40(43)26-20-32-14-13-15-33(42(32)54-35-24-22-34(45)23-25-35)21-27-41-44(3,4)37-17-6-8-19-39(37)47(41)29-10-12-31-56(51,52)53/h5-8,16-27,40H,9-15,28-31,45H2,1-4H3,(H,48,49,50)(H,51,52,53)/b26-20+,33-21+,41-27+. The van der Waals surface area contributed by atoms with E-state index in [-0.39, 0.29) is 28.4 Å². The molecule has 0 spiro atoms. The minimum absolute atomic E-state index is 0.0320. The number of hydrogen-bond acceptors (Lipinski definition) is 8. The van der Waals surface area contributed by atoms with E-state index in [9.17, 15) is 25.9 Å². The van der Waals surface area contributed by atoms with Crippen LogP contribution in [0, 0.1) is 0 Å². The number of para-hydroxylation sites is 2. The van der Waals surface area contributed by atoms with Gasteiger partial charge >= 0.3 is 0 Å². The fraction of sp³-hybridized carbons (Fsp3) is 0.409. The zero-order valence-electron chi connectivity index (χ0n) is 32.8. The van der Waals surface area contributed by atoms with E-state index >= 15 is 0 Å². The summed E-state index contributed by atoms with van der Waals surface area (Å²) in [5.41, 5.74) is 14.7. The summed E-state index contributed by atoms with van der Waals surface area (Å²) >= 11 is 1.76. The van der Waals surface area contributed by atoms with Crippen molar-refractivity contribution in [3.8, 4) is 0 Å². The third kappa shape index (κ3) is 9.65. The molecule has 0 amide bonds. The van der Waals surface area contributed by atoms with E-state index < -0.39 is 20.2 Å². The van der Waals surface area contributed by atoms with Crippen LogP contribution in [0.4, 0.5) is 17.1 Å². The van der Waals surface area contributed by atoms with Crippen molar-refractivity contribution in [1.82, 2.24) is 0 Å². The highest BCUT2D eigenvalue weighted by Crippen LogP contribution is 2.49. The Hall–Kier alpha value is -3.81. The van der Waals surface area contributed by atoms with Crippen molar-refractivity contribution < 1.29 is 25.9 Å². The first-order valence-electron chi connectivity index (χ1n) is 19.5. The second-order valence-corrected chi connectivity index (χ2v) is 20.4. The number of rotatable bonds is 15. The Balaban J connectivity index is 1.37. The van der Waals surface area contributed by atoms with Crippen molar-refractivity contribution in [2.24, 2.45) is 0 Å². The summed E-state index contributed by atoms with van der Waals surface area (Å²) in [6, 6.07) is 24.9. The van der Waals surface area contributed by atoms with Gasteiger partial charge in [-0.25, -0.2) is 0 Å². The fourth-order valence-corrected chi connectivity index (χ4v) is 10.7. The molecular weight excluding hydrogens is 763 g/mol. The van der Waals surface area contributed by atoms with Crippen LogP contribution in [0.15, 0.2) is 124 Å². The molecule has 1 aliphatic carbocycles. The lowest BCUT2D eigenvalue weighted by Gasteiger charge is -2.33. The molecule has 56 heavy (non-hydrogen) atoms. The molecule has 3 aromatic rings. The SMILES string of the molecule is CC1(C)/C(=C\C=C2/CCCC(/C=C/C3N(CCCCS(=O)(=O)O)c4ccccc4C3(C)C)=C2Sc2ccc(N)cc2)N(CCCCS(=O)(=O)O)c2ccccc21. The summed E-state index contributed by atoms with van der Waals surface area (Å²) in [5.74, 6) is -0.497. The molecule has 6 rings (SSSR count). The average Bonchev–Trinajstić information content (AvgIpc) is 3.49. The van der Waals surface area contributed by atoms with Gasteiger partial charge in [-0.3, -0.25) is 9.11 Å². The smallest absolute Gasteiger partial charge is 0.264 e. The highest BCUT2D eigenvalue weighted by molar-refractivity contribution is 8.03. The van der Waals surface area contributed by atoms with Crippen molar-refractivity contribution >= 4 is 49.1 Å². The van der Waals surface area contributed by atoms with Crippen LogP contribution < -0.4 is 15.5 Å². The van der Waals surface area contributed by atoms with Crippen LogP contribution >= 0.6 is 11.8 Å². The fourth-order valence-electron chi connectivity index (χ4n) is 8.47. The van der Waals surface area contributed by atoms with E-state index in [1.165, 1.54) is 27.2 Å². The van der Waals surface area contributed by atoms with Crippen LogP contribution in [0.25, 0.3) is 0 Å². The van der Waals surface area contributed by atoms with E-state index in [1.807, 2.05) is 24.3 Å². The lowest BCUT2D eigenvalue weighted by molar-refractivity contribution is 0.466. The highest BCUT2D eigenvalue weighted by atomic mass is 32.2. The van der Waals surface area contributed by atoms with Gasteiger partial charge in [-0.2, -0.15) is 16.8 Å². The van der Waals surface area contributed by atoms with Crippen molar-refractivity contribution in [3.63, 3.8) is 0 Å². The molecule has 2 heterocycles. The van der Waals surface area contributed by atoms with Gasteiger partial charge in [0.05, 0.1) is 17.5 Å². The van der Waals surface area contributed by atoms with E-state index in [4.69, 9.17) is 5.73 Å². The first-order chi connectivity index (χ1) is 26.5. The molecule has 0 aromatic heterocycles. The van der Waals surface area contributed by atoms with Gasteiger partial charge < -0.3 is 15.5 Å².